The number of carbonyl (C=O) groups is 1. The van der Waals surface area contributed by atoms with E-state index in [1.165, 1.54) is 24.0 Å². The molecule has 0 aliphatic heterocycles. The summed E-state index contributed by atoms with van der Waals surface area (Å²) in [5.74, 6) is -0.188. The van der Waals surface area contributed by atoms with E-state index in [0.717, 1.165) is 17.5 Å². The van der Waals surface area contributed by atoms with E-state index in [4.69, 9.17) is 0 Å². The quantitative estimate of drug-likeness (QED) is 0.679. The monoisotopic (exact) mass is 278 g/mol. The topological polar surface area (TPSA) is 41.5 Å². The first-order valence-corrected chi connectivity index (χ1v) is 7.24. The third-order valence-corrected chi connectivity index (χ3v) is 3.82. The second-order valence-electron chi connectivity index (χ2n) is 5.45. The number of fused-ring (bicyclic) bond motifs is 1. The molecule has 2 aromatic carbocycles. The zero-order valence-electron chi connectivity index (χ0n) is 12.1. The van der Waals surface area contributed by atoms with Gasteiger partial charge in [0, 0.05) is 5.56 Å². The number of hydrogen-bond acceptors (Lipinski definition) is 2. The summed E-state index contributed by atoms with van der Waals surface area (Å²) in [4.78, 5) is 11.9. The fourth-order valence-electron chi connectivity index (χ4n) is 2.61. The molecule has 3 heteroatoms. The van der Waals surface area contributed by atoms with Gasteiger partial charge in [0.15, 0.2) is 0 Å². The van der Waals surface area contributed by atoms with Crippen LogP contribution in [0.2, 0.25) is 0 Å². The first-order valence-electron chi connectivity index (χ1n) is 7.24. The number of aryl methyl sites for hydroxylation is 3. The van der Waals surface area contributed by atoms with E-state index in [1.807, 2.05) is 25.1 Å². The Balaban J connectivity index is 1.64. The lowest BCUT2D eigenvalue weighted by Gasteiger charge is -2.02. The minimum atomic E-state index is -0.188. The summed E-state index contributed by atoms with van der Waals surface area (Å²) in [7, 11) is 0. The van der Waals surface area contributed by atoms with Crippen molar-refractivity contribution in [2.24, 2.45) is 5.10 Å². The first-order chi connectivity index (χ1) is 10.2. The molecule has 0 spiro atoms. The predicted molar refractivity (Wildman–Crippen MR) is 84.7 cm³/mol. The molecule has 1 amide bonds. The molecule has 0 aromatic heterocycles. The van der Waals surface area contributed by atoms with Gasteiger partial charge in [0.25, 0.3) is 5.91 Å². The van der Waals surface area contributed by atoms with Crippen molar-refractivity contribution < 1.29 is 4.79 Å². The molecule has 0 unspecified atom stereocenters. The smallest absolute Gasteiger partial charge is 0.267 e. The van der Waals surface area contributed by atoms with Crippen molar-refractivity contribution in [3.63, 3.8) is 0 Å². The largest absolute Gasteiger partial charge is 0.271 e. The van der Waals surface area contributed by atoms with Crippen molar-refractivity contribution >= 4 is 12.1 Å². The zero-order chi connectivity index (χ0) is 14.7. The maximum atomic E-state index is 11.9. The van der Waals surface area contributed by atoms with Crippen molar-refractivity contribution in [2.45, 2.75) is 26.2 Å². The normalized spacial score (nSPS) is 13.4. The average molecular weight is 278 g/mol. The van der Waals surface area contributed by atoms with Gasteiger partial charge in [0.1, 0.15) is 0 Å². The molecule has 21 heavy (non-hydrogen) atoms. The van der Waals surface area contributed by atoms with Crippen LogP contribution in [0.4, 0.5) is 0 Å². The van der Waals surface area contributed by atoms with Crippen LogP contribution in [0.25, 0.3) is 0 Å². The lowest BCUT2D eigenvalue weighted by atomic mass is 10.1. The van der Waals surface area contributed by atoms with Crippen LogP contribution in [0, 0.1) is 6.92 Å². The van der Waals surface area contributed by atoms with Crippen LogP contribution in [0.1, 0.15) is 39.0 Å². The van der Waals surface area contributed by atoms with E-state index in [9.17, 15) is 4.79 Å². The highest BCUT2D eigenvalue weighted by Crippen LogP contribution is 2.22. The van der Waals surface area contributed by atoms with Crippen molar-refractivity contribution in [2.75, 3.05) is 0 Å². The van der Waals surface area contributed by atoms with Crippen LogP contribution >= 0.6 is 0 Å². The third kappa shape index (κ3) is 3.19. The number of hydrogen-bond donors (Lipinski definition) is 1. The van der Waals surface area contributed by atoms with E-state index in [2.05, 4.69) is 22.7 Å². The van der Waals surface area contributed by atoms with E-state index in [0.29, 0.717) is 5.56 Å². The van der Waals surface area contributed by atoms with Crippen LogP contribution in [0.5, 0.6) is 0 Å². The number of benzene rings is 2. The Hall–Kier alpha value is -2.42. The standard InChI is InChI=1S/C18H18N2O/c1-13-5-8-16(9-6-13)18(21)20-19-12-14-7-10-15-3-2-4-17(15)11-14/h5-12H,2-4H2,1H3,(H,20,21)/b19-12-. The van der Waals surface area contributed by atoms with Gasteiger partial charge in [-0.2, -0.15) is 5.10 Å². The highest BCUT2D eigenvalue weighted by atomic mass is 16.2. The molecule has 0 heterocycles. The summed E-state index contributed by atoms with van der Waals surface area (Å²) in [6.45, 7) is 1.99. The first kappa shape index (κ1) is 13.6. The van der Waals surface area contributed by atoms with Crippen LogP contribution in [0.3, 0.4) is 0 Å². The summed E-state index contributed by atoms with van der Waals surface area (Å²) in [5.41, 5.74) is 8.19. The Bertz CT molecular complexity index is 687. The number of nitrogens with zero attached hydrogens (tertiary/aromatic N) is 1. The Morgan fingerprint density at radius 1 is 1.10 bits per heavy atom. The van der Waals surface area contributed by atoms with Crippen molar-refractivity contribution in [3.8, 4) is 0 Å². The minimum absolute atomic E-state index is 0.188. The lowest BCUT2D eigenvalue weighted by molar-refractivity contribution is 0.0955. The maximum absolute atomic E-state index is 11.9. The summed E-state index contributed by atoms with van der Waals surface area (Å²) in [5, 5.41) is 4.04. The molecule has 3 nitrogen and oxygen atoms in total. The predicted octanol–water partition coefficient (Wildman–Crippen LogP) is 3.25. The average Bonchev–Trinajstić information content (AvgIpc) is 2.95. The SMILES string of the molecule is Cc1ccc(C(=O)N/N=C\c2ccc3c(c2)CCC3)cc1. The second kappa shape index (κ2) is 5.92. The molecule has 3 rings (SSSR count). The van der Waals surface area contributed by atoms with Gasteiger partial charge in [-0.05, 0) is 61.1 Å². The molecule has 0 bridgehead atoms. The highest BCUT2D eigenvalue weighted by molar-refractivity contribution is 5.94. The third-order valence-electron chi connectivity index (χ3n) is 3.82. The van der Waals surface area contributed by atoms with Gasteiger partial charge in [-0.1, -0.05) is 29.8 Å². The lowest BCUT2D eigenvalue weighted by Crippen LogP contribution is -2.17. The van der Waals surface area contributed by atoms with Gasteiger partial charge in [-0.15, -0.1) is 0 Å². The molecule has 1 aliphatic rings. The number of rotatable bonds is 3. The molecule has 106 valence electrons. The van der Waals surface area contributed by atoms with Gasteiger partial charge in [0.05, 0.1) is 6.21 Å². The van der Waals surface area contributed by atoms with Gasteiger partial charge in [-0.25, -0.2) is 5.43 Å². The molecule has 1 aliphatic carbocycles. The number of nitrogens with one attached hydrogen (secondary N) is 1. The summed E-state index contributed by atoms with van der Waals surface area (Å²) >= 11 is 0. The van der Waals surface area contributed by atoms with Gasteiger partial charge >= 0.3 is 0 Å². The van der Waals surface area contributed by atoms with Gasteiger partial charge in [0.2, 0.25) is 0 Å². The maximum Gasteiger partial charge on any atom is 0.271 e. The molecular formula is C18H18N2O. The summed E-state index contributed by atoms with van der Waals surface area (Å²) < 4.78 is 0. The van der Waals surface area contributed by atoms with Crippen LogP contribution in [0.15, 0.2) is 47.6 Å². The van der Waals surface area contributed by atoms with Crippen LogP contribution in [-0.4, -0.2) is 12.1 Å². The Labute approximate surface area is 124 Å². The fourth-order valence-corrected chi connectivity index (χ4v) is 2.61. The van der Waals surface area contributed by atoms with Gasteiger partial charge in [-0.3, -0.25) is 4.79 Å². The minimum Gasteiger partial charge on any atom is -0.267 e. The Morgan fingerprint density at radius 2 is 1.86 bits per heavy atom. The number of amides is 1. The van der Waals surface area contributed by atoms with Crippen molar-refractivity contribution in [1.82, 2.24) is 5.43 Å². The van der Waals surface area contributed by atoms with Gasteiger partial charge < -0.3 is 0 Å². The molecule has 0 fully saturated rings. The highest BCUT2D eigenvalue weighted by Gasteiger charge is 2.10. The molecule has 2 aromatic rings. The molecule has 0 saturated heterocycles. The Kier molecular flexibility index (Phi) is 3.82. The number of carbonyl (C=O) groups excluding carboxylic acids is 1. The van der Waals surface area contributed by atoms with Crippen molar-refractivity contribution in [1.29, 1.82) is 0 Å². The summed E-state index contributed by atoms with van der Waals surface area (Å²) in [6.07, 6.45) is 5.26. The molecule has 1 N–H and O–H groups in total. The van der Waals surface area contributed by atoms with E-state index >= 15 is 0 Å². The molecular weight excluding hydrogens is 260 g/mol. The van der Waals surface area contributed by atoms with E-state index < -0.39 is 0 Å². The number of hydrazone groups is 1. The van der Waals surface area contributed by atoms with E-state index in [1.54, 1.807) is 18.3 Å². The second-order valence-corrected chi connectivity index (χ2v) is 5.45. The molecule has 0 saturated carbocycles. The molecule has 0 atom stereocenters. The van der Waals surface area contributed by atoms with Crippen LogP contribution < -0.4 is 5.43 Å². The summed E-state index contributed by atoms with van der Waals surface area (Å²) in [6, 6.07) is 13.8. The van der Waals surface area contributed by atoms with Crippen LogP contribution in [-0.2, 0) is 12.8 Å². The van der Waals surface area contributed by atoms with E-state index in [-0.39, 0.29) is 5.91 Å². The zero-order valence-corrected chi connectivity index (χ0v) is 12.1. The van der Waals surface area contributed by atoms with Crippen molar-refractivity contribution in [3.05, 3.63) is 70.3 Å². The fraction of sp³-hybridized carbons (Fsp3) is 0.222. The molecule has 0 radical (unpaired) electrons. The Morgan fingerprint density at radius 3 is 2.67 bits per heavy atom.